The molecule has 3 aromatic rings. The van der Waals surface area contributed by atoms with Crippen LogP contribution in [0.1, 0.15) is 35.8 Å². The molecule has 0 atom stereocenters. The lowest BCUT2D eigenvalue weighted by molar-refractivity contribution is -0.131. The van der Waals surface area contributed by atoms with Crippen LogP contribution in [0.2, 0.25) is 0 Å². The monoisotopic (exact) mass is 366 g/mol. The number of hydrogen-bond acceptors (Lipinski definition) is 4. The number of aryl methyl sites for hydroxylation is 1. The van der Waals surface area contributed by atoms with Crippen molar-refractivity contribution in [2.75, 3.05) is 13.1 Å². The molecule has 1 saturated heterocycles. The van der Waals surface area contributed by atoms with E-state index in [0.717, 1.165) is 24.1 Å². The molecule has 1 aromatic carbocycles. The topological polar surface area (TPSA) is 111 Å². The van der Waals surface area contributed by atoms with Gasteiger partial charge in [0.15, 0.2) is 0 Å². The highest BCUT2D eigenvalue weighted by Gasteiger charge is 2.27. The predicted octanol–water partition coefficient (Wildman–Crippen LogP) is 1.75. The van der Waals surface area contributed by atoms with Gasteiger partial charge in [-0.15, -0.1) is 0 Å². The van der Waals surface area contributed by atoms with Crippen molar-refractivity contribution in [2.24, 2.45) is 0 Å². The summed E-state index contributed by atoms with van der Waals surface area (Å²) < 4.78 is 0. The van der Waals surface area contributed by atoms with E-state index < -0.39 is 0 Å². The van der Waals surface area contributed by atoms with Gasteiger partial charge in [0.25, 0.3) is 0 Å². The van der Waals surface area contributed by atoms with Gasteiger partial charge in [0.05, 0.1) is 12.6 Å². The van der Waals surface area contributed by atoms with Gasteiger partial charge in [-0.05, 0) is 25.3 Å². The Morgan fingerprint density at radius 1 is 1.26 bits per heavy atom. The number of H-pyrrole nitrogens is 3. The van der Waals surface area contributed by atoms with E-state index in [9.17, 15) is 9.59 Å². The van der Waals surface area contributed by atoms with Crippen LogP contribution in [-0.2, 0) is 11.2 Å². The Bertz CT molecular complexity index is 993. The Balaban J connectivity index is 1.42. The van der Waals surface area contributed by atoms with E-state index in [1.165, 1.54) is 11.1 Å². The zero-order chi connectivity index (χ0) is 18.8. The zero-order valence-electron chi connectivity index (χ0n) is 15.2. The van der Waals surface area contributed by atoms with Crippen LogP contribution in [0, 0.1) is 6.92 Å². The normalized spacial score (nSPS) is 15.2. The first-order valence-electron chi connectivity index (χ1n) is 9.12. The fourth-order valence-electron chi connectivity index (χ4n) is 3.71. The molecule has 0 saturated carbocycles. The fraction of sp³-hybridized carbons (Fsp3) is 0.368. The van der Waals surface area contributed by atoms with Gasteiger partial charge in [-0.25, -0.2) is 9.89 Å². The van der Waals surface area contributed by atoms with E-state index in [4.69, 9.17) is 0 Å². The molecule has 0 bridgehead atoms. The highest BCUT2D eigenvalue weighted by molar-refractivity contribution is 5.78. The highest BCUT2D eigenvalue weighted by atomic mass is 16.2. The molecule has 3 heterocycles. The number of aromatic nitrogens is 5. The summed E-state index contributed by atoms with van der Waals surface area (Å²) in [6.07, 6.45) is 3.76. The van der Waals surface area contributed by atoms with Gasteiger partial charge in [0, 0.05) is 30.3 Å². The first kappa shape index (κ1) is 17.3. The van der Waals surface area contributed by atoms with Crippen molar-refractivity contribution in [1.29, 1.82) is 0 Å². The molecule has 27 heavy (non-hydrogen) atoms. The molecule has 0 spiro atoms. The first-order chi connectivity index (χ1) is 13.1. The third-order valence-corrected chi connectivity index (χ3v) is 5.12. The predicted molar refractivity (Wildman–Crippen MR) is 100 cm³/mol. The standard InChI is InChI=1S/C19H22N6O2/c1-12-3-2-4-14(9-12)15-11-20-23-18(15)13-5-7-25(8-6-13)17(26)10-16-21-19(27)24-22-16/h2-4,9,11,13H,5-8,10H2,1H3,(H,20,23)(H2,21,22,24,27). The number of carbonyl (C=O) groups excluding carboxylic acids is 1. The molecular weight excluding hydrogens is 344 g/mol. The lowest BCUT2D eigenvalue weighted by atomic mass is 9.89. The average Bonchev–Trinajstić information content (AvgIpc) is 3.31. The number of aromatic amines is 3. The smallest absolute Gasteiger partial charge is 0.340 e. The van der Waals surface area contributed by atoms with Gasteiger partial charge in [-0.2, -0.15) is 10.2 Å². The second kappa shape index (κ2) is 7.22. The minimum atomic E-state index is -0.389. The number of likely N-dealkylation sites (tertiary alicyclic amines) is 1. The number of hydrogen-bond donors (Lipinski definition) is 3. The average molecular weight is 366 g/mol. The van der Waals surface area contributed by atoms with Crippen LogP contribution in [0.15, 0.2) is 35.3 Å². The van der Waals surface area contributed by atoms with Crippen molar-refractivity contribution in [3.05, 3.63) is 58.0 Å². The third kappa shape index (κ3) is 3.69. The van der Waals surface area contributed by atoms with Crippen LogP contribution in [0.25, 0.3) is 11.1 Å². The maximum absolute atomic E-state index is 12.4. The molecule has 1 aliphatic rings. The number of rotatable bonds is 4. The molecule has 140 valence electrons. The maximum Gasteiger partial charge on any atom is 0.340 e. The van der Waals surface area contributed by atoms with Crippen LogP contribution in [0.3, 0.4) is 0 Å². The number of nitrogens with zero attached hydrogens (tertiary/aromatic N) is 3. The van der Waals surface area contributed by atoms with Crippen LogP contribution < -0.4 is 5.69 Å². The van der Waals surface area contributed by atoms with Crippen LogP contribution >= 0.6 is 0 Å². The summed E-state index contributed by atoms with van der Waals surface area (Å²) in [5.41, 5.74) is 4.28. The minimum Gasteiger partial charge on any atom is -0.342 e. The molecule has 3 N–H and O–H groups in total. The number of piperidine rings is 1. The molecule has 0 unspecified atom stereocenters. The Labute approximate surface area is 156 Å². The summed E-state index contributed by atoms with van der Waals surface area (Å²) in [4.78, 5) is 27.9. The third-order valence-electron chi connectivity index (χ3n) is 5.12. The highest BCUT2D eigenvalue weighted by Crippen LogP contribution is 2.34. The Morgan fingerprint density at radius 2 is 2.07 bits per heavy atom. The lowest BCUT2D eigenvalue weighted by Gasteiger charge is -2.32. The second-order valence-corrected chi connectivity index (χ2v) is 7.02. The van der Waals surface area contributed by atoms with E-state index in [1.807, 2.05) is 11.1 Å². The largest absolute Gasteiger partial charge is 0.342 e. The van der Waals surface area contributed by atoms with Crippen molar-refractivity contribution >= 4 is 5.91 Å². The van der Waals surface area contributed by atoms with Crippen LogP contribution in [0.4, 0.5) is 0 Å². The molecule has 1 aliphatic heterocycles. The maximum atomic E-state index is 12.4. The van der Waals surface area contributed by atoms with Crippen LogP contribution in [-0.4, -0.2) is 49.3 Å². The Morgan fingerprint density at radius 3 is 2.78 bits per heavy atom. The first-order valence-corrected chi connectivity index (χ1v) is 9.12. The van der Waals surface area contributed by atoms with Gasteiger partial charge < -0.3 is 4.90 Å². The van der Waals surface area contributed by atoms with Gasteiger partial charge in [0.2, 0.25) is 5.91 Å². The Hall–Kier alpha value is -3.16. The minimum absolute atomic E-state index is 0.0141. The summed E-state index contributed by atoms with van der Waals surface area (Å²) in [6, 6.07) is 8.41. The SMILES string of the molecule is Cc1cccc(-c2cn[nH]c2C2CCN(C(=O)Cc3n[nH]c(=O)[nH]3)CC2)c1. The molecule has 2 aromatic heterocycles. The molecule has 0 radical (unpaired) electrons. The summed E-state index contributed by atoms with van der Waals surface area (Å²) in [7, 11) is 0. The van der Waals surface area contributed by atoms with E-state index in [-0.39, 0.29) is 18.0 Å². The van der Waals surface area contributed by atoms with Gasteiger partial charge >= 0.3 is 5.69 Å². The van der Waals surface area contributed by atoms with E-state index >= 15 is 0 Å². The van der Waals surface area contributed by atoms with E-state index in [1.54, 1.807) is 0 Å². The summed E-state index contributed by atoms with van der Waals surface area (Å²) in [6.45, 7) is 3.45. The van der Waals surface area contributed by atoms with Crippen LogP contribution in [0.5, 0.6) is 0 Å². The number of benzene rings is 1. The zero-order valence-corrected chi connectivity index (χ0v) is 15.2. The number of carbonyl (C=O) groups is 1. The van der Waals surface area contributed by atoms with Gasteiger partial charge in [-0.1, -0.05) is 29.8 Å². The van der Waals surface area contributed by atoms with Crippen molar-refractivity contribution in [1.82, 2.24) is 30.3 Å². The molecule has 8 nitrogen and oxygen atoms in total. The Kier molecular flexibility index (Phi) is 4.62. The molecule has 4 rings (SSSR count). The van der Waals surface area contributed by atoms with Crippen molar-refractivity contribution in [2.45, 2.75) is 32.1 Å². The quantitative estimate of drug-likeness (QED) is 0.653. The van der Waals surface area contributed by atoms with E-state index in [0.29, 0.717) is 24.8 Å². The van der Waals surface area contributed by atoms with Gasteiger partial charge in [-0.3, -0.25) is 14.9 Å². The number of nitrogens with one attached hydrogen (secondary N) is 3. The fourth-order valence-corrected chi connectivity index (χ4v) is 3.71. The van der Waals surface area contributed by atoms with E-state index in [2.05, 4.69) is 56.6 Å². The molecule has 0 aliphatic carbocycles. The summed E-state index contributed by atoms with van der Waals surface area (Å²) in [5, 5.41) is 13.5. The van der Waals surface area contributed by atoms with Crippen molar-refractivity contribution in [3.63, 3.8) is 0 Å². The summed E-state index contributed by atoms with van der Waals surface area (Å²) >= 11 is 0. The summed E-state index contributed by atoms with van der Waals surface area (Å²) in [5.74, 6) is 0.708. The molecule has 1 fully saturated rings. The number of amides is 1. The van der Waals surface area contributed by atoms with Crippen molar-refractivity contribution in [3.8, 4) is 11.1 Å². The second-order valence-electron chi connectivity index (χ2n) is 7.02. The molecular formula is C19H22N6O2. The van der Waals surface area contributed by atoms with Gasteiger partial charge in [0.1, 0.15) is 5.82 Å². The molecule has 1 amide bonds. The lowest BCUT2D eigenvalue weighted by Crippen LogP contribution is -2.39. The molecule has 8 heteroatoms. The van der Waals surface area contributed by atoms with Crippen molar-refractivity contribution < 1.29 is 4.79 Å².